The number of hydrogen-bond acceptors (Lipinski definition) is 2. The van der Waals surface area contributed by atoms with Crippen molar-refractivity contribution < 1.29 is 9.15 Å². The summed E-state index contributed by atoms with van der Waals surface area (Å²) in [4.78, 5) is 0. The predicted octanol–water partition coefficient (Wildman–Crippen LogP) is 14.2. The van der Waals surface area contributed by atoms with Crippen LogP contribution in [0.1, 0.15) is 22.3 Å². The average molecular weight is 699 g/mol. The predicted molar refractivity (Wildman–Crippen MR) is 224 cm³/mol. The molecule has 2 aliphatic carbocycles. The van der Waals surface area contributed by atoms with Gasteiger partial charge in [-0.1, -0.05) is 152 Å². The first-order valence-corrected chi connectivity index (χ1v) is 19.0. The van der Waals surface area contributed by atoms with Gasteiger partial charge in [-0.05, 0) is 108 Å². The summed E-state index contributed by atoms with van der Waals surface area (Å²) >= 11 is 0. The molecule has 1 aliphatic heterocycles. The molecule has 0 fully saturated rings. The van der Waals surface area contributed by atoms with Gasteiger partial charge in [0.05, 0.1) is 5.41 Å². The van der Waals surface area contributed by atoms with Crippen LogP contribution in [0.4, 0.5) is 0 Å². The highest BCUT2D eigenvalue weighted by molar-refractivity contribution is 6.15. The quantitative estimate of drug-likeness (QED) is 0.179. The second-order valence-electron chi connectivity index (χ2n) is 15.0. The van der Waals surface area contributed by atoms with Crippen molar-refractivity contribution in [1.82, 2.24) is 0 Å². The van der Waals surface area contributed by atoms with Crippen LogP contribution in [-0.2, 0) is 5.41 Å². The molecule has 0 amide bonds. The van der Waals surface area contributed by atoms with Crippen LogP contribution in [0.2, 0.25) is 0 Å². The van der Waals surface area contributed by atoms with E-state index in [0.29, 0.717) is 0 Å². The Morgan fingerprint density at radius 1 is 0.327 bits per heavy atom. The monoisotopic (exact) mass is 698 g/mol. The lowest BCUT2D eigenvalue weighted by Gasteiger charge is -2.30. The Labute approximate surface area is 317 Å². The number of para-hydroxylation sites is 1. The maximum atomic E-state index is 6.76. The molecule has 254 valence electrons. The van der Waals surface area contributed by atoms with Gasteiger partial charge < -0.3 is 9.15 Å². The number of rotatable bonds is 2. The molecule has 0 N–H and O–H groups in total. The average Bonchev–Trinajstić information content (AvgIpc) is 3.88. The standard InChI is InChI=1S/C53H30O2/c1-5-20-42-34(12-1)35-13-2-6-21-43(35)53(42)44-22-7-3-14-39(44)50-36(19-10-23-45(50)53)33-27-29-49-52-37(33)17-9-18-38(52)41-30-31(26-28-47(41)55-49)32-16-11-25-48-51(32)40-15-4-8-24-46(40)54-48/h1-30H. The normalized spacial score (nSPS) is 13.7. The molecular formula is C53H30O2. The summed E-state index contributed by atoms with van der Waals surface area (Å²) in [5, 5.41) is 4.60. The maximum absolute atomic E-state index is 6.76. The number of benzene rings is 9. The van der Waals surface area contributed by atoms with Crippen LogP contribution in [0, 0.1) is 0 Å². The van der Waals surface area contributed by atoms with Gasteiger partial charge in [-0.15, -0.1) is 0 Å². The molecule has 0 saturated heterocycles. The zero-order valence-electron chi connectivity index (χ0n) is 29.6. The van der Waals surface area contributed by atoms with Crippen molar-refractivity contribution in [3.8, 4) is 67.1 Å². The van der Waals surface area contributed by atoms with E-state index in [2.05, 4.69) is 170 Å². The van der Waals surface area contributed by atoms with E-state index in [1.54, 1.807) is 0 Å². The number of furan rings is 1. The molecule has 13 rings (SSSR count). The van der Waals surface area contributed by atoms with Crippen LogP contribution in [0.5, 0.6) is 11.5 Å². The van der Waals surface area contributed by atoms with Crippen LogP contribution in [0.25, 0.3) is 88.3 Å². The molecule has 0 radical (unpaired) electrons. The summed E-state index contributed by atoms with van der Waals surface area (Å²) in [6.07, 6.45) is 0. The largest absolute Gasteiger partial charge is 0.456 e. The molecule has 1 aromatic heterocycles. The van der Waals surface area contributed by atoms with Gasteiger partial charge in [0.15, 0.2) is 0 Å². The zero-order valence-corrected chi connectivity index (χ0v) is 29.6. The van der Waals surface area contributed by atoms with E-state index in [0.717, 1.165) is 55.5 Å². The van der Waals surface area contributed by atoms with E-state index < -0.39 is 0 Å². The van der Waals surface area contributed by atoms with E-state index in [1.165, 1.54) is 66.6 Å². The van der Waals surface area contributed by atoms with Gasteiger partial charge in [0.25, 0.3) is 0 Å². The van der Waals surface area contributed by atoms with Crippen LogP contribution in [-0.4, -0.2) is 0 Å². The fourth-order valence-electron chi connectivity index (χ4n) is 10.4. The first kappa shape index (κ1) is 29.3. The summed E-state index contributed by atoms with van der Waals surface area (Å²) in [5.41, 5.74) is 19.1. The molecule has 2 heterocycles. The summed E-state index contributed by atoms with van der Waals surface area (Å²) in [5.74, 6) is 1.76. The van der Waals surface area contributed by atoms with Crippen LogP contribution >= 0.6 is 0 Å². The molecular weight excluding hydrogens is 669 g/mol. The van der Waals surface area contributed by atoms with Crippen molar-refractivity contribution >= 4 is 32.7 Å². The van der Waals surface area contributed by atoms with E-state index in [4.69, 9.17) is 9.15 Å². The van der Waals surface area contributed by atoms with Crippen molar-refractivity contribution in [3.63, 3.8) is 0 Å². The Morgan fingerprint density at radius 2 is 0.909 bits per heavy atom. The van der Waals surface area contributed by atoms with Crippen molar-refractivity contribution in [1.29, 1.82) is 0 Å². The Bertz CT molecular complexity index is 3260. The van der Waals surface area contributed by atoms with E-state index in [9.17, 15) is 0 Å². The van der Waals surface area contributed by atoms with Gasteiger partial charge in [-0.2, -0.15) is 0 Å². The first-order chi connectivity index (χ1) is 27.3. The lowest BCUT2D eigenvalue weighted by molar-refractivity contribution is 0.487. The third-order valence-corrected chi connectivity index (χ3v) is 12.5. The molecule has 0 atom stereocenters. The maximum Gasteiger partial charge on any atom is 0.136 e. The topological polar surface area (TPSA) is 22.4 Å². The zero-order chi connectivity index (χ0) is 35.8. The number of ether oxygens (including phenoxy) is 1. The fourth-order valence-corrected chi connectivity index (χ4v) is 10.4. The summed E-state index contributed by atoms with van der Waals surface area (Å²) in [7, 11) is 0. The molecule has 10 aromatic rings. The number of hydrogen-bond donors (Lipinski definition) is 0. The highest BCUT2D eigenvalue weighted by Crippen LogP contribution is 2.64. The molecule has 2 heteroatoms. The second-order valence-corrected chi connectivity index (χ2v) is 15.0. The Hall–Kier alpha value is -7.16. The first-order valence-electron chi connectivity index (χ1n) is 19.0. The fraction of sp³-hybridized carbons (Fsp3) is 0.0189. The lowest BCUT2D eigenvalue weighted by atomic mass is 9.70. The van der Waals surface area contributed by atoms with Crippen molar-refractivity contribution in [3.05, 3.63) is 204 Å². The smallest absolute Gasteiger partial charge is 0.136 e. The molecule has 3 aliphatic rings. The molecule has 0 saturated carbocycles. The van der Waals surface area contributed by atoms with Gasteiger partial charge in [-0.25, -0.2) is 0 Å². The minimum absolute atomic E-state index is 0.386. The van der Waals surface area contributed by atoms with E-state index in [-0.39, 0.29) is 5.41 Å². The second kappa shape index (κ2) is 10.5. The molecule has 1 spiro atoms. The van der Waals surface area contributed by atoms with Gasteiger partial charge in [-0.3, -0.25) is 0 Å². The minimum atomic E-state index is -0.386. The van der Waals surface area contributed by atoms with Crippen LogP contribution in [0.15, 0.2) is 186 Å². The van der Waals surface area contributed by atoms with E-state index >= 15 is 0 Å². The minimum Gasteiger partial charge on any atom is -0.456 e. The van der Waals surface area contributed by atoms with Crippen molar-refractivity contribution in [2.45, 2.75) is 5.41 Å². The highest BCUT2D eigenvalue weighted by atomic mass is 16.5. The van der Waals surface area contributed by atoms with Crippen LogP contribution in [0.3, 0.4) is 0 Å². The molecule has 2 nitrogen and oxygen atoms in total. The van der Waals surface area contributed by atoms with Gasteiger partial charge in [0.2, 0.25) is 0 Å². The third-order valence-electron chi connectivity index (χ3n) is 12.5. The SMILES string of the molecule is c1ccc2c(c1)-c1ccccc1C21c2ccccc2-c2c(-c3ccc4c5c(cccc35)-c3cc(-c5cccc6oc7ccccc7c56)ccc3O4)cccc21. The highest BCUT2D eigenvalue weighted by Gasteiger charge is 2.52. The third kappa shape index (κ3) is 3.64. The van der Waals surface area contributed by atoms with Crippen molar-refractivity contribution in [2.75, 3.05) is 0 Å². The van der Waals surface area contributed by atoms with Gasteiger partial charge >= 0.3 is 0 Å². The Morgan fingerprint density at radius 3 is 1.75 bits per heavy atom. The Balaban J connectivity index is 1.04. The Kier molecular flexibility index (Phi) is 5.59. The van der Waals surface area contributed by atoms with Gasteiger partial charge in [0.1, 0.15) is 22.7 Å². The molecule has 0 unspecified atom stereocenters. The molecule has 9 aromatic carbocycles. The summed E-state index contributed by atoms with van der Waals surface area (Å²) in [6.45, 7) is 0. The summed E-state index contributed by atoms with van der Waals surface area (Å²) in [6, 6.07) is 66.4. The molecule has 0 bridgehead atoms. The number of fused-ring (bicyclic) bond motifs is 15. The van der Waals surface area contributed by atoms with E-state index in [1.807, 2.05) is 12.1 Å². The van der Waals surface area contributed by atoms with Crippen LogP contribution < -0.4 is 4.74 Å². The van der Waals surface area contributed by atoms with Gasteiger partial charge in [0, 0.05) is 21.7 Å². The molecule has 55 heavy (non-hydrogen) atoms. The van der Waals surface area contributed by atoms with Crippen molar-refractivity contribution in [2.24, 2.45) is 0 Å². The lowest BCUT2D eigenvalue weighted by Crippen LogP contribution is -2.25. The summed E-state index contributed by atoms with van der Waals surface area (Å²) < 4.78 is 13.0.